The summed E-state index contributed by atoms with van der Waals surface area (Å²) in [7, 11) is 0. The van der Waals surface area contributed by atoms with Crippen LogP contribution in [0.3, 0.4) is 0 Å². The number of hydrogen-bond acceptors (Lipinski definition) is 3. The smallest absolute Gasteiger partial charge is 0.338 e. The summed E-state index contributed by atoms with van der Waals surface area (Å²) in [5.41, 5.74) is 2.05. The number of benzene rings is 1. The van der Waals surface area contributed by atoms with E-state index in [1.165, 1.54) is 42.6 Å². The van der Waals surface area contributed by atoms with Gasteiger partial charge in [0.2, 0.25) is 0 Å². The predicted octanol–water partition coefficient (Wildman–Crippen LogP) is 4.21. The number of rotatable bonds is 2. The van der Waals surface area contributed by atoms with Crippen molar-refractivity contribution in [2.24, 2.45) is 0 Å². The van der Waals surface area contributed by atoms with Crippen LogP contribution in [-0.2, 0) is 11.2 Å². The van der Waals surface area contributed by atoms with Crippen molar-refractivity contribution in [3.8, 4) is 0 Å². The van der Waals surface area contributed by atoms with Crippen molar-refractivity contribution in [1.82, 2.24) is 0 Å². The Balaban J connectivity index is 1.81. The van der Waals surface area contributed by atoms with Gasteiger partial charge in [0.15, 0.2) is 0 Å². The minimum Gasteiger partial charge on any atom is -0.462 e. The first-order valence-electron chi connectivity index (χ1n) is 7.21. The molecule has 1 aromatic rings. The van der Waals surface area contributed by atoms with Crippen LogP contribution in [0.5, 0.6) is 0 Å². The van der Waals surface area contributed by atoms with Crippen molar-refractivity contribution in [1.29, 1.82) is 0 Å². The molecule has 1 heterocycles. The van der Waals surface area contributed by atoms with Gasteiger partial charge in [-0.3, -0.25) is 0 Å². The van der Waals surface area contributed by atoms with Gasteiger partial charge in [-0.05, 0) is 49.9 Å². The van der Waals surface area contributed by atoms with E-state index >= 15 is 0 Å². The fourth-order valence-corrected chi connectivity index (χ4v) is 4.84. The Kier molecular flexibility index (Phi) is 3.57. The van der Waals surface area contributed by atoms with Gasteiger partial charge in [-0.25, -0.2) is 4.79 Å². The van der Waals surface area contributed by atoms with E-state index in [9.17, 15) is 4.79 Å². The minimum atomic E-state index is -0.195. The van der Waals surface area contributed by atoms with Crippen LogP contribution in [0, 0.1) is 0 Å². The lowest BCUT2D eigenvalue weighted by molar-refractivity contribution is 0.0526. The number of fused-ring (bicyclic) bond motifs is 1. The molecular formula is C16H20O2S. The summed E-state index contributed by atoms with van der Waals surface area (Å²) >= 11 is 2.04. The highest BCUT2D eigenvalue weighted by atomic mass is 32.2. The topological polar surface area (TPSA) is 26.3 Å². The Morgan fingerprint density at radius 1 is 1.32 bits per heavy atom. The predicted molar refractivity (Wildman–Crippen MR) is 77.8 cm³/mol. The summed E-state index contributed by atoms with van der Waals surface area (Å²) in [6.45, 7) is 2.28. The second-order valence-corrected chi connectivity index (χ2v) is 7.08. The summed E-state index contributed by atoms with van der Waals surface area (Å²) in [6.07, 6.45) is 7.85. The number of carbonyl (C=O) groups is 1. The molecule has 0 N–H and O–H groups in total. The Morgan fingerprint density at radius 2 is 2.11 bits per heavy atom. The average Bonchev–Trinajstić information content (AvgIpc) is 2.76. The second kappa shape index (κ2) is 5.20. The van der Waals surface area contributed by atoms with Gasteiger partial charge in [0.25, 0.3) is 0 Å². The molecule has 3 heteroatoms. The molecule has 2 nitrogen and oxygen atoms in total. The van der Waals surface area contributed by atoms with Crippen molar-refractivity contribution in [3.05, 3.63) is 29.3 Å². The molecule has 1 aliphatic carbocycles. The van der Waals surface area contributed by atoms with Gasteiger partial charge in [0.1, 0.15) is 0 Å². The molecule has 0 saturated heterocycles. The van der Waals surface area contributed by atoms with Gasteiger partial charge in [0.05, 0.1) is 12.2 Å². The third-order valence-electron chi connectivity index (χ3n) is 4.18. The average molecular weight is 276 g/mol. The van der Waals surface area contributed by atoms with E-state index in [2.05, 4.69) is 6.07 Å². The highest BCUT2D eigenvalue weighted by molar-refractivity contribution is 8.01. The largest absolute Gasteiger partial charge is 0.462 e. The molecule has 3 rings (SSSR count). The number of thioether (sulfide) groups is 1. The van der Waals surface area contributed by atoms with E-state index in [1.807, 2.05) is 30.8 Å². The van der Waals surface area contributed by atoms with Crippen molar-refractivity contribution in [3.63, 3.8) is 0 Å². The van der Waals surface area contributed by atoms with Gasteiger partial charge in [-0.15, -0.1) is 11.8 Å². The van der Waals surface area contributed by atoms with E-state index < -0.39 is 0 Å². The Labute approximate surface area is 118 Å². The SMILES string of the molecule is CCOC(=O)c1ccc2c(c1)CC1(CCCCC1)S2. The van der Waals surface area contributed by atoms with Crippen molar-refractivity contribution in [2.45, 2.75) is 55.1 Å². The van der Waals surface area contributed by atoms with E-state index in [4.69, 9.17) is 4.74 Å². The molecule has 0 radical (unpaired) electrons. The zero-order valence-corrected chi connectivity index (χ0v) is 12.2. The molecule has 2 aliphatic rings. The summed E-state index contributed by atoms with van der Waals surface area (Å²) < 4.78 is 5.50. The van der Waals surface area contributed by atoms with Gasteiger partial charge in [0, 0.05) is 9.64 Å². The zero-order chi connectivity index (χ0) is 13.3. The van der Waals surface area contributed by atoms with Gasteiger partial charge in [-0.1, -0.05) is 19.3 Å². The molecule has 1 aromatic carbocycles. The standard InChI is InChI=1S/C16H20O2S/c1-2-18-15(17)12-6-7-14-13(10-12)11-16(19-14)8-4-3-5-9-16/h6-7,10H,2-5,8-9,11H2,1H3. The summed E-state index contributed by atoms with van der Waals surface area (Å²) in [5, 5.41) is 0. The lowest BCUT2D eigenvalue weighted by Crippen LogP contribution is -2.26. The van der Waals surface area contributed by atoms with Crippen molar-refractivity contribution in [2.75, 3.05) is 6.61 Å². The number of carbonyl (C=O) groups excluding carboxylic acids is 1. The molecule has 1 saturated carbocycles. The Morgan fingerprint density at radius 3 is 2.84 bits per heavy atom. The molecule has 0 aromatic heterocycles. The van der Waals surface area contributed by atoms with E-state index in [0.29, 0.717) is 16.9 Å². The van der Waals surface area contributed by atoms with Gasteiger partial charge in [-0.2, -0.15) is 0 Å². The van der Waals surface area contributed by atoms with Gasteiger partial charge >= 0.3 is 5.97 Å². The molecule has 19 heavy (non-hydrogen) atoms. The van der Waals surface area contributed by atoms with Crippen molar-refractivity contribution >= 4 is 17.7 Å². The Bertz CT molecular complexity index is 490. The van der Waals surface area contributed by atoms with E-state index in [-0.39, 0.29) is 5.97 Å². The van der Waals surface area contributed by atoms with Crippen LogP contribution in [0.25, 0.3) is 0 Å². The zero-order valence-electron chi connectivity index (χ0n) is 11.4. The molecule has 0 atom stereocenters. The molecule has 0 amide bonds. The van der Waals surface area contributed by atoms with Crippen LogP contribution in [0.15, 0.2) is 23.1 Å². The first kappa shape index (κ1) is 13.0. The molecule has 0 bridgehead atoms. The highest BCUT2D eigenvalue weighted by Crippen LogP contribution is 2.52. The third-order valence-corrected chi connectivity index (χ3v) is 5.78. The maximum Gasteiger partial charge on any atom is 0.338 e. The summed E-state index contributed by atoms with van der Waals surface area (Å²) in [5.74, 6) is -0.195. The first-order valence-corrected chi connectivity index (χ1v) is 8.03. The third kappa shape index (κ3) is 2.53. The summed E-state index contributed by atoms with van der Waals surface area (Å²) in [4.78, 5) is 13.2. The second-order valence-electron chi connectivity index (χ2n) is 5.57. The molecule has 1 spiro atoms. The fourth-order valence-electron chi connectivity index (χ4n) is 3.25. The van der Waals surface area contributed by atoms with Crippen LogP contribution < -0.4 is 0 Å². The normalized spacial score (nSPS) is 20.3. The maximum absolute atomic E-state index is 11.8. The lowest BCUT2D eigenvalue weighted by atomic mass is 9.84. The monoisotopic (exact) mass is 276 g/mol. The molecule has 1 aliphatic heterocycles. The number of ether oxygens (including phenoxy) is 1. The lowest BCUT2D eigenvalue weighted by Gasteiger charge is -2.32. The van der Waals surface area contributed by atoms with E-state index in [1.54, 1.807) is 0 Å². The van der Waals surface area contributed by atoms with E-state index in [0.717, 1.165) is 6.42 Å². The Hall–Kier alpha value is -0.960. The molecule has 102 valence electrons. The minimum absolute atomic E-state index is 0.195. The highest BCUT2D eigenvalue weighted by Gasteiger charge is 2.39. The van der Waals surface area contributed by atoms with Crippen LogP contribution >= 0.6 is 11.8 Å². The first-order chi connectivity index (χ1) is 9.22. The quantitative estimate of drug-likeness (QED) is 0.757. The molecule has 0 unspecified atom stereocenters. The van der Waals surface area contributed by atoms with Crippen LogP contribution in [-0.4, -0.2) is 17.3 Å². The van der Waals surface area contributed by atoms with Gasteiger partial charge < -0.3 is 4.74 Å². The van der Waals surface area contributed by atoms with Crippen LogP contribution in [0.4, 0.5) is 0 Å². The number of hydrogen-bond donors (Lipinski definition) is 0. The fraction of sp³-hybridized carbons (Fsp3) is 0.562. The number of esters is 1. The maximum atomic E-state index is 11.8. The molecular weight excluding hydrogens is 256 g/mol. The van der Waals surface area contributed by atoms with Crippen molar-refractivity contribution < 1.29 is 9.53 Å². The van der Waals surface area contributed by atoms with Crippen LogP contribution in [0.1, 0.15) is 54.9 Å². The molecule has 1 fully saturated rings. The summed E-state index contributed by atoms with van der Waals surface area (Å²) in [6, 6.07) is 6.06. The van der Waals surface area contributed by atoms with Crippen LogP contribution in [0.2, 0.25) is 0 Å².